The van der Waals surface area contributed by atoms with Crippen molar-refractivity contribution in [3.63, 3.8) is 0 Å². The Morgan fingerprint density at radius 3 is 2.50 bits per heavy atom. The number of nitrogens with one attached hydrogen (secondary N) is 1. The zero-order valence-electron chi connectivity index (χ0n) is 20.6. The van der Waals surface area contributed by atoms with Crippen LogP contribution < -0.4 is 5.32 Å². The topological polar surface area (TPSA) is 103 Å². The van der Waals surface area contributed by atoms with Crippen LogP contribution >= 0.6 is 0 Å². The van der Waals surface area contributed by atoms with Gasteiger partial charge in [-0.15, -0.1) is 0 Å². The van der Waals surface area contributed by atoms with Crippen LogP contribution in [0.2, 0.25) is 0 Å². The fourth-order valence-corrected chi connectivity index (χ4v) is 6.29. The first-order chi connectivity index (χ1) is 17.1. The van der Waals surface area contributed by atoms with E-state index in [4.69, 9.17) is 4.74 Å². The maximum atomic E-state index is 13.9. The number of rotatable bonds is 4. The number of hydrogen-bond acceptors (Lipinski definition) is 6. The summed E-state index contributed by atoms with van der Waals surface area (Å²) in [5, 5.41) is 3.79. The third-order valence-corrected chi connectivity index (χ3v) is 7.99. The van der Waals surface area contributed by atoms with Gasteiger partial charge in [0.1, 0.15) is 11.3 Å². The normalized spacial score (nSPS) is 15.6. The summed E-state index contributed by atoms with van der Waals surface area (Å²) >= 11 is 0. The van der Waals surface area contributed by atoms with Crippen LogP contribution in [0.4, 0.5) is 4.79 Å². The summed E-state index contributed by atoms with van der Waals surface area (Å²) in [6.07, 6.45) is 4.07. The Hall–Kier alpha value is -3.72. The number of alkyl carbamates (subject to hydrolysis) is 1. The molecule has 0 saturated heterocycles. The number of carbonyl (C=O) groups is 1. The molecule has 0 unspecified atom stereocenters. The Morgan fingerprint density at radius 1 is 1.08 bits per heavy atom. The predicted octanol–water partition coefficient (Wildman–Crippen LogP) is 5.16. The molecule has 1 aliphatic carbocycles. The quantitative estimate of drug-likeness (QED) is 0.412. The lowest BCUT2D eigenvalue weighted by atomic mass is 10.0. The molecule has 0 bridgehead atoms. The van der Waals surface area contributed by atoms with Gasteiger partial charge in [-0.05, 0) is 75.9 Å². The van der Waals surface area contributed by atoms with E-state index in [1.807, 2.05) is 39.8 Å². The first-order valence-electron chi connectivity index (χ1n) is 11.8. The minimum Gasteiger partial charge on any atom is -0.444 e. The van der Waals surface area contributed by atoms with Crippen molar-refractivity contribution in [1.82, 2.24) is 19.3 Å². The first kappa shape index (κ1) is 24.0. The van der Waals surface area contributed by atoms with E-state index in [1.165, 1.54) is 3.97 Å². The molecular formula is C27H28N4O4S. The Labute approximate surface area is 210 Å². The summed E-state index contributed by atoms with van der Waals surface area (Å²) in [6, 6.07) is 13.7. The van der Waals surface area contributed by atoms with Crippen LogP contribution in [0.3, 0.4) is 0 Å². The number of amides is 1. The van der Waals surface area contributed by atoms with Gasteiger partial charge in [-0.2, -0.15) is 0 Å². The van der Waals surface area contributed by atoms with Gasteiger partial charge >= 0.3 is 6.09 Å². The van der Waals surface area contributed by atoms with E-state index >= 15 is 0 Å². The van der Waals surface area contributed by atoms with Gasteiger partial charge in [-0.3, -0.25) is 9.97 Å². The molecule has 1 amide bonds. The van der Waals surface area contributed by atoms with E-state index in [9.17, 15) is 13.2 Å². The van der Waals surface area contributed by atoms with Crippen LogP contribution in [0.5, 0.6) is 0 Å². The van der Waals surface area contributed by atoms with Crippen molar-refractivity contribution >= 4 is 27.0 Å². The lowest BCUT2D eigenvalue weighted by Crippen LogP contribution is -2.34. The second-order valence-corrected chi connectivity index (χ2v) is 11.7. The van der Waals surface area contributed by atoms with E-state index in [-0.39, 0.29) is 10.9 Å². The fourth-order valence-electron chi connectivity index (χ4n) is 4.76. The molecule has 2 heterocycles. The molecule has 2 aromatic carbocycles. The monoisotopic (exact) mass is 504 g/mol. The van der Waals surface area contributed by atoms with Gasteiger partial charge in [-0.1, -0.05) is 24.3 Å². The molecular weight excluding hydrogens is 476 g/mol. The van der Waals surface area contributed by atoms with Crippen molar-refractivity contribution in [2.45, 2.75) is 57.1 Å². The SMILES string of the molecule is Cc1nccnc1-c1cc2c3c(ccc2n1S(=O)(=O)c1ccccc1)[C@H](NC(=O)OC(C)(C)C)CC3. The van der Waals surface area contributed by atoms with E-state index in [0.29, 0.717) is 35.4 Å². The van der Waals surface area contributed by atoms with Gasteiger partial charge in [-0.25, -0.2) is 17.2 Å². The van der Waals surface area contributed by atoms with E-state index in [2.05, 4.69) is 15.3 Å². The number of benzene rings is 2. The summed E-state index contributed by atoms with van der Waals surface area (Å²) in [5.74, 6) is 0. The number of carbonyl (C=O) groups excluding carboxylic acids is 1. The van der Waals surface area contributed by atoms with Crippen molar-refractivity contribution in [3.05, 3.63) is 77.7 Å². The maximum Gasteiger partial charge on any atom is 0.408 e. The van der Waals surface area contributed by atoms with Crippen LogP contribution in [0.15, 0.2) is 65.8 Å². The summed E-state index contributed by atoms with van der Waals surface area (Å²) < 4.78 is 34.6. The molecule has 1 atom stereocenters. The summed E-state index contributed by atoms with van der Waals surface area (Å²) in [5.41, 5.74) is 3.53. The second kappa shape index (κ2) is 8.74. The zero-order chi connectivity index (χ0) is 25.7. The molecule has 9 heteroatoms. The second-order valence-electron chi connectivity index (χ2n) is 9.91. The van der Waals surface area contributed by atoms with Crippen LogP contribution in [0.25, 0.3) is 22.3 Å². The van der Waals surface area contributed by atoms with Crippen LogP contribution in [-0.2, 0) is 21.2 Å². The highest BCUT2D eigenvalue weighted by Gasteiger charge is 2.31. The molecule has 186 valence electrons. The summed E-state index contributed by atoms with van der Waals surface area (Å²) in [7, 11) is -3.93. The van der Waals surface area contributed by atoms with Gasteiger partial charge in [0.05, 0.1) is 27.8 Å². The van der Waals surface area contributed by atoms with Gasteiger partial charge in [0.2, 0.25) is 0 Å². The Kier molecular flexibility index (Phi) is 5.83. The highest BCUT2D eigenvalue weighted by atomic mass is 32.2. The number of aryl methyl sites for hydroxylation is 2. The van der Waals surface area contributed by atoms with E-state index < -0.39 is 21.7 Å². The van der Waals surface area contributed by atoms with Crippen molar-refractivity contribution in [2.75, 3.05) is 0 Å². The van der Waals surface area contributed by atoms with Gasteiger partial charge in [0.15, 0.2) is 0 Å². The van der Waals surface area contributed by atoms with Crippen molar-refractivity contribution in [1.29, 1.82) is 0 Å². The standard InChI is InChI=1S/C27H28N4O4S/c1-17-25(29-15-14-28-17)24-16-21-19-10-12-22(30-26(32)35-27(2,3)4)20(19)11-13-23(21)31(24)36(33,34)18-8-6-5-7-9-18/h5-9,11,13-16,22H,10,12H2,1-4H3,(H,30,32)/t22-/m1/s1. The molecule has 2 aromatic heterocycles. The lowest BCUT2D eigenvalue weighted by molar-refractivity contribution is 0.0503. The Morgan fingerprint density at radius 2 is 1.81 bits per heavy atom. The van der Waals surface area contributed by atoms with Crippen molar-refractivity contribution < 1.29 is 17.9 Å². The zero-order valence-corrected chi connectivity index (χ0v) is 21.5. The predicted molar refractivity (Wildman–Crippen MR) is 137 cm³/mol. The lowest BCUT2D eigenvalue weighted by Gasteiger charge is -2.22. The average molecular weight is 505 g/mol. The van der Waals surface area contributed by atoms with E-state index in [0.717, 1.165) is 16.5 Å². The fraction of sp³-hybridized carbons (Fsp3) is 0.296. The molecule has 8 nitrogen and oxygen atoms in total. The van der Waals surface area contributed by atoms with Crippen molar-refractivity contribution in [2.24, 2.45) is 0 Å². The molecule has 1 aliphatic rings. The highest BCUT2D eigenvalue weighted by Crippen LogP contribution is 2.40. The van der Waals surface area contributed by atoms with Gasteiger partial charge < -0.3 is 10.1 Å². The number of nitrogens with zero attached hydrogens (tertiary/aromatic N) is 3. The summed E-state index contributed by atoms with van der Waals surface area (Å²) in [6.45, 7) is 7.28. The molecule has 36 heavy (non-hydrogen) atoms. The van der Waals surface area contributed by atoms with Crippen molar-refractivity contribution in [3.8, 4) is 11.4 Å². The third kappa shape index (κ3) is 4.24. The largest absolute Gasteiger partial charge is 0.444 e. The smallest absolute Gasteiger partial charge is 0.408 e. The minimum atomic E-state index is -3.93. The molecule has 0 spiro atoms. The maximum absolute atomic E-state index is 13.9. The van der Waals surface area contributed by atoms with Crippen LogP contribution in [0, 0.1) is 6.92 Å². The molecule has 1 N–H and O–H groups in total. The summed E-state index contributed by atoms with van der Waals surface area (Å²) in [4.78, 5) is 21.4. The highest BCUT2D eigenvalue weighted by molar-refractivity contribution is 7.90. The Balaban J connectivity index is 1.68. The molecule has 0 aliphatic heterocycles. The molecule has 4 aromatic rings. The van der Waals surface area contributed by atoms with Gasteiger partial charge in [0.25, 0.3) is 10.0 Å². The van der Waals surface area contributed by atoms with E-state index in [1.54, 1.807) is 48.8 Å². The molecule has 0 radical (unpaired) electrons. The number of fused-ring (bicyclic) bond motifs is 3. The third-order valence-electron chi connectivity index (χ3n) is 6.24. The number of aromatic nitrogens is 3. The van der Waals surface area contributed by atoms with Gasteiger partial charge in [0, 0.05) is 17.8 Å². The number of hydrogen-bond donors (Lipinski definition) is 1. The van der Waals surface area contributed by atoms with Crippen LogP contribution in [0.1, 0.15) is 50.1 Å². The molecule has 5 rings (SSSR count). The average Bonchev–Trinajstić information content (AvgIpc) is 3.40. The Bertz CT molecular complexity index is 1570. The number of ether oxygens (including phenoxy) is 1. The molecule has 0 saturated carbocycles. The van der Waals surface area contributed by atoms with Crippen LogP contribution in [-0.4, -0.2) is 34.1 Å². The first-order valence-corrected chi connectivity index (χ1v) is 13.3. The molecule has 0 fully saturated rings. The minimum absolute atomic E-state index is 0.190.